The predicted molar refractivity (Wildman–Crippen MR) is 85.2 cm³/mol. The summed E-state index contributed by atoms with van der Waals surface area (Å²) < 4.78 is 49.5. The van der Waals surface area contributed by atoms with Crippen LogP contribution in [-0.2, 0) is 47.4 Å². The van der Waals surface area contributed by atoms with Crippen molar-refractivity contribution in [3.63, 3.8) is 0 Å². The Morgan fingerprint density at radius 3 is 1.88 bits per heavy atom. The van der Waals surface area contributed by atoms with Gasteiger partial charge in [-0.2, -0.15) is 0 Å². The zero-order valence-corrected chi connectivity index (χ0v) is 15.9. The van der Waals surface area contributed by atoms with Crippen LogP contribution in [0.3, 0.4) is 0 Å². The van der Waals surface area contributed by atoms with Crippen molar-refractivity contribution >= 4 is 5.97 Å². The number of methoxy groups -OCH3 is 5. The van der Waals surface area contributed by atoms with Crippen LogP contribution in [0.2, 0.25) is 0 Å². The van der Waals surface area contributed by atoms with Gasteiger partial charge < -0.3 is 42.6 Å². The van der Waals surface area contributed by atoms with Crippen molar-refractivity contribution in [2.75, 3.05) is 42.2 Å². The van der Waals surface area contributed by atoms with Crippen molar-refractivity contribution in [1.82, 2.24) is 0 Å². The molecule has 0 aromatic rings. The van der Waals surface area contributed by atoms with Gasteiger partial charge in [0.1, 0.15) is 24.4 Å². The summed E-state index contributed by atoms with van der Waals surface area (Å²) in [5, 5.41) is 0. The Labute approximate surface area is 152 Å². The first kappa shape index (κ1) is 21.5. The minimum Gasteiger partial charge on any atom is -0.433 e. The van der Waals surface area contributed by atoms with Crippen LogP contribution >= 0.6 is 0 Å². The molecule has 2 heterocycles. The molecular weight excluding hydrogens is 352 g/mol. The molecule has 26 heavy (non-hydrogen) atoms. The second-order valence-corrected chi connectivity index (χ2v) is 5.92. The summed E-state index contributed by atoms with van der Waals surface area (Å²) in [6.07, 6.45) is -5.27. The first-order chi connectivity index (χ1) is 12.5. The van der Waals surface area contributed by atoms with Gasteiger partial charge in [0.2, 0.25) is 6.29 Å². The summed E-state index contributed by atoms with van der Waals surface area (Å²) in [5.41, 5.74) is 0. The average molecular weight is 380 g/mol. The summed E-state index contributed by atoms with van der Waals surface area (Å²) in [6.45, 7) is 1.59. The second kappa shape index (κ2) is 9.90. The summed E-state index contributed by atoms with van der Waals surface area (Å²) in [6, 6.07) is 0. The van der Waals surface area contributed by atoms with Gasteiger partial charge >= 0.3 is 5.97 Å². The van der Waals surface area contributed by atoms with Crippen LogP contribution in [-0.4, -0.2) is 97.5 Å². The van der Waals surface area contributed by atoms with Crippen molar-refractivity contribution in [3.05, 3.63) is 0 Å². The van der Waals surface area contributed by atoms with Crippen LogP contribution in [0.1, 0.15) is 6.92 Å². The number of esters is 1. The van der Waals surface area contributed by atoms with E-state index in [1.54, 1.807) is 14.2 Å². The smallest absolute Gasteiger partial charge is 0.305 e. The van der Waals surface area contributed by atoms with Crippen molar-refractivity contribution in [3.8, 4) is 0 Å². The number of carbonyl (C=O) groups excluding carboxylic acids is 1. The minimum atomic E-state index is -1.01. The van der Waals surface area contributed by atoms with Gasteiger partial charge in [-0.3, -0.25) is 4.79 Å². The maximum absolute atomic E-state index is 11.4. The molecule has 2 fully saturated rings. The Kier molecular flexibility index (Phi) is 8.17. The van der Waals surface area contributed by atoms with E-state index >= 15 is 0 Å². The van der Waals surface area contributed by atoms with E-state index in [-0.39, 0.29) is 6.10 Å². The minimum absolute atomic E-state index is 0.307. The van der Waals surface area contributed by atoms with E-state index < -0.39 is 49.3 Å². The van der Waals surface area contributed by atoms with Gasteiger partial charge in [-0.05, 0) is 0 Å². The fourth-order valence-electron chi connectivity index (χ4n) is 3.22. The lowest BCUT2D eigenvalue weighted by Gasteiger charge is -2.27. The van der Waals surface area contributed by atoms with E-state index in [1.165, 1.54) is 28.3 Å². The molecule has 2 saturated heterocycles. The highest BCUT2D eigenvalue weighted by atomic mass is 16.8. The van der Waals surface area contributed by atoms with Crippen molar-refractivity contribution in [2.24, 2.45) is 0 Å². The van der Waals surface area contributed by atoms with Gasteiger partial charge in [0.25, 0.3) is 0 Å². The van der Waals surface area contributed by atoms with Gasteiger partial charge in [0.15, 0.2) is 18.7 Å². The van der Waals surface area contributed by atoms with Crippen LogP contribution in [0.25, 0.3) is 0 Å². The molecule has 2 aliphatic rings. The van der Waals surface area contributed by atoms with E-state index in [1.807, 2.05) is 0 Å². The second-order valence-electron chi connectivity index (χ2n) is 5.92. The molecule has 0 bridgehead atoms. The highest BCUT2D eigenvalue weighted by Gasteiger charge is 2.53. The molecule has 0 aromatic heterocycles. The molecule has 8 atom stereocenters. The lowest BCUT2D eigenvalue weighted by Crippen LogP contribution is -2.45. The number of ether oxygens (including phenoxy) is 9. The fourth-order valence-corrected chi connectivity index (χ4v) is 3.22. The molecule has 0 aliphatic carbocycles. The van der Waals surface area contributed by atoms with Crippen LogP contribution in [0, 0.1) is 0 Å². The molecular formula is C16H28O10. The largest absolute Gasteiger partial charge is 0.433 e. The van der Waals surface area contributed by atoms with Gasteiger partial charge in [-0.25, -0.2) is 0 Å². The Morgan fingerprint density at radius 1 is 0.769 bits per heavy atom. The Hall–Kier alpha value is -0.850. The Bertz CT molecular complexity index is 447. The van der Waals surface area contributed by atoms with Crippen LogP contribution in [0.4, 0.5) is 0 Å². The number of hydrogen-bond donors (Lipinski definition) is 0. The molecule has 10 nitrogen and oxygen atoms in total. The van der Waals surface area contributed by atoms with E-state index in [0.29, 0.717) is 6.61 Å². The van der Waals surface area contributed by atoms with E-state index in [9.17, 15) is 4.79 Å². The third-order valence-corrected chi connectivity index (χ3v) is 4.35. The lowest BCUT2D eigenvalue weighted by atomic mass is 10.1. The van der Waals surface area contributed by atoms with Crippen molar-refractivity contribution in [2.45, 2.75) is 56.3 Å². The number of rotatable bonds is 9. The Morgan fingerprint density at radius 2 is 1.38 bits per heavy atom. The summed E-state index contributed by atoms with van der Waals surface area (Å²) >= 11 is 0. The standard InChI is InChI=1S/C16H28O10/c1-8(17)23-16-13(12(21-5)14(22-6)26-16)25-15-11(20-4)10(19-3)9(24-15)7-18-2/h9-16H,7H2,1-6H3/t9-,10-,11+,12+,13+,14+,15-,16?/m1/s1. The molecule has 152 valence electrons. The molecule has 2 aliphatic heterocycles. The molecule has 0 aromatic carbocycles. The molecule has 10 heteroatoms. The SMILES string of the molecule is COC[C@H]1O[C@H](O[C@@H]2C(OC(C)=O)O[C@H](OC)[C@H]2OC)[C@@H](OC)[C@@H]1OC. The fraction of sp³-hybridized carbons (Fsp3) is 0.938. The molecule has 0 spiro atoms. The molecule has 0 amide bonds. The highest BCUT2D eigenvalue weighted by Crippen LogP contribution is 2.33. The maximum Gasteiger partial charge on any atom is 0.305 e. The van der Waals surface area contributed by atoms with Gasteiger partial charge in [0.05, 0.1) is 6.61 Å². The lowest BCUT2D eigenvalue weighted by molar-refractivity contribution is -0.249. The topological polar surface area (TPSA) is 100 Å². The highest BCUT2D eigenvalue weighted by molar-refractivity contribution is 5.66. The molecule has 2 rings (SSSR count). The normalized spacial score (nSPS) is 40.1. The third-order valence-electron chi connectivity index (χ3n) is 4.35. The average Bonchev–Trinajstić information content (AvgIpc) is 3.12. The maximum atomic E-state index is 11.4. The van der Waals surface area contributed by atoms with Crippen LogP contribution in [0.15, 0.2) is 0 Å². The molecule has 0 radical (unpaired) electrons. The first-order valence-electron chi connectivity index (χ1n) is 8.24. The zero-order valence-electron chi connectivity index (χ0n) is 15.9. The van der Waals surface area contributed by atoms with Gasteiger partial charge in [0, 0.05) is 42.5 Å². The van der Waals surface area contributed by atoms with E-state index in [2.05, 4.69) is 0 Å². The first-order valence-corrected chi connectivity index (χ1v) is 8.24. The van der Waals surface area contributed by atoms with Gasteiger partial charge in [-0.15, -0.1) is 0 Å². The monoisotopic (exact) mass is 380 g/mol. The number of hydrogen-bond acceptors (Lipinski definition) is 10. The van der Waals surface area contributed by atoms with E-state index in [4.69, 9.17) is 42.6 Å². The molecule has 1 unspecified atom stereocenters. The third kappa shape index (κ3) is 4.52. The van der Waals surface area contributed by atoms with Crippen LogP contribution in [0.5, 0.6) is 0 Å². The van der Waals surface area contributed by atoms with Crippen molar-refractivity contribution < 1.29 is 47.4 Å². The zero-order chi connectivity index (χ0) is 19.3. The van der Waals surface area contributed by atoms with Crippen molar-refractivity contribution in [1.29, 1.82) is 0 Å². The Balaban J connectivity index is 2.17. The summed E-state index contributed by atoms with van der Waals surface area (Å²) in [7, 11) is 7.61. The molecule has 0 N–H and O–H groups in total. The summed E-state index contributed by atoms with van der Waals surface area (Å²) in [4.78, 5) is 11.4. The predicted octanol–water partition coefficient (Wildman–Crippen LogP) is -0.320. The van der Waals surface area contributed by atoms with Crippen LogP contribution < -0.4 is 0 Å². The van der Waals surface area contributed by atoms with Gasteiger partial charge in [-0.1, -0.05) is 0 Å². The molecule has 0 saturated carbocycles. The quantitative estimate of drug-likeness (QED) is 0.495. The number of carbonyl (C=O) groups is 1. The van der Waals surface area contributed by atoms with E-state index in [0.717, 1.165) is 0 Å². The summed E-state index contributed by atoms with van der Waals surface area (Å²) in [5.74, 6) is -0.516.